The molecule has 1 aliphatic heterocycles. The van der Waals surface area contributed by atoms with Crippen molar-refractivity contribution in [2.45, 2.75) is 61.0 Å². The third kappa shape index (κ3) is 4.56. The van der Waals surface area contributed by atoms with Crippen LogP contribution in [0.2, 0.25) is 0 Å². The molecule has 1 saturated heterocycles. The molecule has 0 aromatic carbocycles. The SMILES string of the molecule is Cn1cnnc1Sc1ccc(CN2CCN(C3CCCC3)[C@@H](CCO)C2)o1. The van der Waals surface area contributed by atoms with E-state index in [1.54, 1.807) is 6.33 Å². The number of aryl methyl sites for hydroxylation is 1. The van der Waals surface area contributed by atoms with Crippen LogP contribution in [0.5, 0.6) is 0 Å². The molecule has 1 saturated carbocycles. The van der Waals surface area contributed by atoms with Crippen LogP contribution in [-0.4, -0.2) is 68.0 Å². The summed E-state index contributed by atoms with van der Waals surface area (Å²) in [5, 5.41) is 19.2. The number of rotatable bonds is 7. The van der Waals surface area contributed by atoms with Gasteiger partial charge in [-0.1, -0.05) is 12.8 Å². The molecule has 2 aromatic rings. The summed E-state index contributed by atoms with van der Waals surface area (Å²) in [4.78, 5) is 5.12. The van der Waals surface area contributed by atoms with E-state index < -0.39 is 0 Å². The zero-order valence-corrected chi connectivity index (χ0v) is 16.8. The molecule has 1 aliphatic carbocycles. The quantitative estimate of drug-likeness (QED) is 0.777. The maximum atomic E-state index is 9.52. The number of piperazine rings is 1. The van der Waals surface area contributed by atoms with Crippen molar-refractivity contribution in [3.05, 3.63) is 24.2 Å². The average molecular weight is 392 g/mol. The minimum atomic E-state index is 0.265. The van der Waals surface area contributed by atoms with E-state index in [0.717, 1.165) is 54.7 Å². The molecule has 148 valence electrons. The normalized spacial score (nSPS) is 22.7. The summed E-state index contributed by atoms with van der Waals surface area (Å²) >= 11 is 1.49. The van der Waals surface area contributed by atoms with Crippen molar-refractivity contribution in [3.8, 4) is 0 Å². The Kier molecular flexibility index (Phi) is 6.17. The Hall–Kier alpha value is -1.35. The summed E-state index contributed by atoms with van der Waals surface area (Å²) in [5.41, 5.74) is 0. The van der Waals surface area contributed by atoms with Gasteiger partial charge >= 0.3 is 0 Å². The van der Waals surface area contributed by atoms with Crippen molar-refractivity contribution in [1.82, 2.24) is 24.6 Å². The maximum absolute atomic E-state index is 9.52. The summed E-state index contributed by atoms with van der Waals surface area (Å²) < 4.78 is 7.90. The second-order valence-corrected chi connectivity index (χ2v) is 8.60. The third-order valence-electron chi connectivity index (χ3n) is 5.75. The number of nitrogens with zero attached hydrogens (tertiary/aromatic N) is 5. The molecule has 4 rings (SSSR count). The van der Waals surface area contributed by atoms with Crippen LogP contribution < -0.4 is 0 Å². The number of furan rings is 1. The van der Waals surface area contributed by atoms with E-state index in [9.17, 15) is 5.11 Å². The zero-order chi connectivity index (χ0) is 18.6. The second-order valence-electron chi connectivity index (χ2n) is 7.62. The van der Waals surface area contributed by atoms with Gasteiger partial charge in [-0.25, -0.2) is 0 Å². The highest BCUT2D eigenvalue weighted by molar-refractivity contribution is 7.99. The van der Waals surface area contributed by atoms with Gasteiger partial charge in [-0.2, -0.15) is 0 Å². The first-order valence-corrected chi connectivity index (χ1v) is 10.7. The summed E-state index contributed by atoms with van der Waals surface area (Å²) in [6.45, 7) is 4.24. The lowest BCUT2D eigenvalue weighted by Crippen LogP contribution is -2.55. The van der Waals surface area contributed by atoms with Gasteiger partial charge in [-0.15, -0.1) is 10.2 Å². The van der Waals surface area contributed by atoms with E-state index in [2.05, 4.69) is 26.1 Å². The molecular formula is C19H29N5O2S. The fraction of sp³-hybridized carbons (Fsp3) is 0.684. The topological polar surface area (TPSA) is 70.6 Å². The van der Waals surface area contributed by atoms with Crippen molar-refractivity contribution in [1.29, 1.82) is 0 Å². The number of aromatic nitrogens is 3. The van der Waals surface area contributed by atoms with Gasteiger partial charge in [0.25, 0.3) is 0 Å². The van der Waals surface area contributed by atoms with Crippen molar-refractivity contribution in [2.24, 2.45) is 7.05 Å². The molecule has 8 heteroatoms. The molecule has 2 aromatic heterocycles. The Morgan fingerprint density at radius 2 is 2.11 bits per heavy atom. The Bertz CT molecular complexity index is 727. The number of aliphatic hydroxyl groups is 1. The molecular weight excluding hydrogens is 362 g/mol. The van der Waals surface area contributed by atoms with Crippen LogP contribution in [0.25, 0.3) is 0 Å². The van der Waals surface area contributed by atoms with Gasteiger partial charge in [0.05, 0.1) is 6.54 Å². The maximum Gasteiger partial charge on any atom is 0.198 e. The van der Waals surface area contributed by atoms with E-state index >= 15 is 0 Å². The molecule has 1 N–H and O–H groups in total. The van der Waals surface area contributed by atoms with Gasteiger partial charge in [-0.05, 0) is 43.2 Å². The predicted octanol–water partition coefficient (Wildman–Crippen LogP) is 2.37. The van der Waals surface area contributed by atoms with E-state index in [-0.39, 0.29) is 6.61 Å². The lowest BCUT2D eigenvalue weighted by molar-refractivity contribution is 0.0239. The van der Waals surface area contributed by atoms with E-state index in [1.165, 1.54) is 37.4 Å². The number of aliphatic hydroxyl groups excluding tert-OH is 1. The minimum Gasteiger partial charge on any atom is -0.453 e. The van der Waals surface area contributed by atoms with Gasteiger partial charge in [0, 0.05) is 45.4 Å². The van der Waals surface area contributed by atoms with Crippen molar-refractivity contribution in [3.63, 3.8) is 0 Å². The largest absolute Gasteiger partial charge is 0.453 e. The van der Waals surface area contributed by atoms with Gasteiger partial charge in [0.1, 0.15) is 12.1 Å². The van der Waals surface area contributed by atoms with Crippen LogP contribution in [0.4, 0.5) is 0 Å². The molecule has 3 heterocycles. The van der Waals surface area contributed by atoms with Gasteiger partial charge in [-0.3, -0.25) is 9.80 Å². The Labute approximate surface area is 164 Å². The molecule has 7 nitrogen and oxygen atoms in total. The summed E-state index contributed by atoms with van der Waals surface area (Å²) in [6.07, 6.45) is 7.91. The molecule has 2 fully saturated rings. The Morgan fingerprint density at radius 3 is 2.85 bits per heavy atom. The Morgan fingerprint density at radius 1 is 1.26 bits per heavy atom. The molecule has 0 bridgehead atoms. The average Bonchev–Trinajstić information content (AvgIpc) is 3.40. The van der Waals surface area contributed by atoms with E-state index in [1.807, 2.05) is 17.7 Å². The summed E-state index contributed by atoms with van der Waals surface area (Å²) in [7, 11) is 1.93. The standard InChI is InChI=1S/C19H29N5O2S/c1-22-14-20-21-19(22)27-18-7-6-17(26-18)13-23-9-10-24(15-4-2-3-5-15)16(12-23)8-11-25/h6-7,14-16,25H,2-5,8-13H2,1H3/t16-/m0/s1. The summed E-state index contributed by atoms with van der Waals surface area (Å²) in [5.74, 6) is 0.983. The van der Waals surface area contributed by atoms with Crippen LogP contribution in [0, 0.1) is 0 Å². The highest BCUT2D eigenvalue weighted by atomic mass is 32.2. The minimum absolute atomic E-state index is 0.265. The predicted molar refractivity (Wildman–Crippen MR) is 104 cm³/mol. The fourth-order valence-corrected chi connectivity index (χ4v) is 5.12. The molecule has 27 heavy (non-hydrogen) atoms. The van der Waals surface area contributed by atoms with Crippen molar-refractivity contribution < 1.29 is 9.52 Å². The number of hydrogen-bond donors (Lipinski definition) is 1. The van der Waals surface area contributed by atoms with Crippen LogP contribution in [0.15, 0.2) is 33.1 Å². The highest BCUT2D eigenvalue weighted by Crippen LogP contribution is 2.30. The monoisotopic (exact) mass is 391 g/mol. The lowest BCUT2D eigenvalue weighted by Gasteiger charge is -2.44. The Balaban J connectivity index is 1.35. The molecule has 2 aliphatic rings. The van der Waals surface area contributed by atoms with E-state index in [4.69, 9.17) is 4.42 Å². The first kappa shape index (κ1) is 19.0. The van der Waals surface area contributed by atoms with Crippen LogP contribution in [0.1, 0.15) is 37.9 Å². The van der Waals surface area contributed by atoms with Crippen molar-refractivity contribution in [2.75, 3.05) is 26.2 Å². The van der Waals surface area contributed by atoms with Gasteiger partial charge < -0.3 is 14.1 Å². The van der Waals surface area contributed by atoms with E-state index in [0.29, 0.717) is 6.04 Å². The second kappa shape index (κ2) is 8.77. The molecule has 0 spiro atoms. The molecule has 1 atom stereocenters. The lowest BCUT2D eigenvalue weighted by atomic mass is 10.0. The smallest absolute Gasteiger partial charge is 0.198 e. The van der Waals surface area contributed by atoms with Crippen LogP contribution in [-0.2, 0) is 13.6 Å². The summed E-state index contributed by atoms with van der Waals surface area (Å²) in [6, 6.07) is 5.24. The molecule has 0 radical (unpaired) electrons. The van der Waals surface area contributed by atoms with Crippen LogP contribution >= 0.6 is 11.8 Å². The van der Waals surface area contributed by atoms with Gasteiger partial charge in [0.15, 0.2) is 10.2 Å². The molecule has 0 unspecified atom stereocenters. The highest BCUT2D eigenvalue weighted by Gasteiger charge is 2.33. The van der Waals surface area contributed by atoms with Gasteiger partial charge in [0.2, 0.25) is 0 Å². The first-order chi connectivity index (χ1) is 13.2. The third-order valence-corrected chi connectivity index (χ3v) is 6.72. The fourth-order valence-electron chi connectivity index (χ4n) is 4.37. The zero-order valence-electron chi connectivity index (χ0n) is 16.0. The number of hydrogen-bond acceptors (Lipinski definition) is 7. The van der Waals surface area contributed by atoms with Crippen molar-refractivity contribution >= 4 is 11.8 Å². The first-order valence-electron chi connectivity index (χ1n) is 9.92. The van der Waals surface area contributed by atoms with Crippen LogP contribution in [0.3, 0.4) is 0 Å². The molecule has 0 amide bonds.